The number of hydrogen-bond donors (Lipinski definition) is 3. The third-order valence-electron chi connectivity index (χ3n) is 3.92. The molecule has 25 heavy (non-hydrogen) atoms. The Morgan fingerprint density at radius 3 is 2.28 bits per heavy atom. The molecule has 1 amide bonds. The zero-order valence-corrected chi connectivity index (χ0v) is 14.0. The summed E-state index contributed by atoms with van der Waals surface area (Å²) in [6.07, 6.45) is 0.0563. The number of Topliss-reactive ketones (excluding diaryl/α,β-unsaturated/α-hetero) is 1. The first kappa shape index (κ1) is 18.2. The third kappa shape index (κ3) is 4.67. The highest BCUT2D eigenvalue weighted by Gasteiger charge is 2.13. The number of ketones is 1. The molecule has 0 aliphatic heterocycles. The van der Waals surface area contributed by atoms with Crippen molar-refractivity contribution in [2.45, 2.75) is 26.7 Å². The van der Waals surface area contributed by atoms with Crippen LogP contribution >= 0.6 is 0 Å². The van der Waals surface area contributed by atoms with E-state index in [2.05, 4.69) is 5.32 Å². The normalized spacial score (nSPS) is 10.3. The summed E-state index contributed by atoms with van der Waals surface area (Å²) in [6.45, 7) is 3.88. The Hall–Kier alpha value is -3.15. The molecule has 2 aromatic carbocycles. The van der Waals surface area contributed by atoms with Crippen LogP contribution in [0.15, 0.2) is 36.4 Å². The van der Waals surface area contributed by atoms with Crippen LogP contribution in [0.2, 0.25) is 0 Å². The first-order chi connectivity index (χ1) is 11.8. The van der Waals surface area contributed by atoms with Crippen LogP contribution in [0.3, 0.4) is 0 Å². The van der Waals surface area contributed by atoms with Crippen molar-refractivity contribution in [1.82, 2.24) is 0 Å². The van der Waals surface area contributed by atoms with Gasteiger partial charge in [-0.25, -0.2) is 4.79 Å². The van der Waals surface area contributed by atoms with E-state index in [4.69, 9.17) is 5.11 Å². The van der Waals surface area contributed by atoms with E-state index in [-0.39, 0.29) is 35.8 Å². The number of aromatic hydroxyl groups is 1. The monoisotopic (exact) mass is 341 g/mol. The number of nitrogens with one attached hydrogen (secondary N) is 1. The van der Waals surface area contributed by atoms with Gasteiger partial charge in [0.1, 0.15) is 11.3 Å². The molecule has 0 saturated heterocycles. The van der Waals surface area contributed by atoms with Gasteiger partial charge in [0.25, 0.3) is 0 Å². The van der Waals surface area contributed by atoms with Crippen LogP contribution in [-0.4, -0.2) is 27.9 Å². The Kier molecular flexibility index (Phi) is 5.54. The number of carboxylic acids is 1. The lowest BCUT2D eigenvalue weighted by molar-refractivity contribution is -0.116. The van der Waals surface area contributed by atoms with E-state index in [0.717, 1.165) is 17.2 Å². The first-order valence-electron chi connectivity index (χ1n) is 7.74. The highest BCUT2D eigenvalue weighted by Crippen LogP contribution is 2.22. The number of carbonyl (C=O) groups is 3. The smallest absolute Gasteiger partial charge is 0.339 e. The van der Waals surface area contributed by atoms with Crippen molar-refractivity contribution < 1.29 is 24.6 Å². The van der Waals surface area contributed by atoms with Gasteiger partial charge in [-0.1, -0.05) is 12.1 Å². The van der Waals surface area contributed by atoms with Gasteiger partial charge in [0, 0.05) is 30.2 Å². The van der Waals surface area contributed by atoms with Crippen molar-refractivity contribution in [2.24, 2.45) is 0 Å². The number of hydrogen-bond acceptors (Lipinski definition) is 4. The Labute approximate surface area is 145 Å². The standard InChI is InChI=1S/C19H19NO5/c1-11-3-4-13(9-12(11)2)16(21)7-8-18(23)20-14-5-6-15(19(24)25)17(22)10-14/h3-6,9-10,22H,7-8H2,1-2H3,(H,20,23)(H,24,25). The van der Waals surface area contributed by atoms with Crippen LogP contribution in [0.5, 0.6) is 5.75 Å². The highest BCUT2D eigenvalue weighted by atomic mass is 16.4. The number of aryl methyl sites for hydroxylation is 2. The van der Waals surface area contributed by atoms with E-state index >= 15 is 0 Å². The van der Waals surface area contributed by atoms with Crippen molar-refractivity contribution >= 4 is 23.3 Å². The van der Waals surface area contributed by atoms with Crippen molar-refractivity contribution in [3.63, 3.8) is 0 Å². The summed E-state index contributed by atoms with van der Waals surface area (Å²) in [7, 11) is 0. The van der Waals surface area contributed by atoms with Gasteiger partial charge >= 0.3 is 5.97 Å². The zero-order chi connectivity index (χ0) is 18.6. The van der Waals surface area contributed by atoms with E-state index in [1.807, 2.05) is 19.9 Å². The topological polar surface area (TPSA) is 104 Å². The van der Waals surface area contributed by atoms with Gasteiger partial charge in [0.05, 0.1) is 0 Å². The lowest BCUT2D eigenvalue weighted by atomic mass is 10.0. The number of aromatic carboxylic acids is 1. The minimum Gasteiger partial charge on any atom is -0.507 e. The number of anilines is 1. The molecule has 0 spiro atoms. The van der Waals surface area contributed by atoms with Crippen molar-refractivity contribution in [2.75, 3.05) is 5.32 Å². The Morgan fingerprint density at radius 2 is 1.68 bits per heavy atom. The molecule has 0 bridgehead atoms. The van der Waals surface area contributed by atoms with Crippen LogP contribution in [0, 0.1) is 13.8 Å². The quantitative estimate of drug-likeness (QED) is 0.699. The second kappa shape index (κ2) is 7.61. The molecule has 2 aromatic rings. The number of benzene rings is 2. The van der Waals surface area contributed by atoms with Gasteiger partial charge in [-0.05, 0) is 43.2 Å². The van der Waals surface area contributed by atoms with Gasteiger partial charge in [-0.3, -0.25) is 9.59 Å². The van der Waals surface area contributed by atoms with Crippen LogP contribution in [0.25, 0.3) is 0 Å². The Bertz CT molecular complexity index is 842. The summed E-state index contributed by atoms with van der Waals surface area (Å²) >= 11 is 0. The van der Waals surface area contributed by atoms with E-state index in [9.17, 15) is 19.5 Å². The molecule has 2 rings (SSSR count). The lowest BCUT2D eigenvalue weighted by Gasteiger charge is -2.07. The summed E-state index contributed by atoms with van der Waals surface area (Å²) in [6, 6.07) is 9.16. The summed E-state index contributed by atoms with van der Waals surface area (Å²) in [5.41, 5.74) is 2.71. The number of carbonyl (C=O) groups excluding carboxylic acids is 2. The van der Waals surface area contributed by atoms with Crippen molar-refractivity contribution in [3.8, 4) is 5.75 Å². The molecule has 0 aromatic heterocycles. The molecule has 0 atom stereocenters. The average molecular weight is 341 g/mol. The molecular weight excluding hydrogens is 322 g/mol. The van der Waals surface area contributed by atoms with Gasteiger partial charge in [0.15, 0.2) is 5.78 Å². The summed E-state index contributed by atoms with van der Waals surface area (Å²) in [5, 5.41) is 21.0. The summed E-state index contributed by atoms with van der Waals surface area (Å²) < 4.78 is 0. The second-order valence-corrected chi connectivity index (χ2v) is 5.81. The molecule has 0 heterocycles. The van der Waals surface area contributed by atoms with Crippen LogP contribution in [0.4, 0.5) is 5.69 Å². The van der Waals surface area contributed by atoms with Crippen molar-refractivity contribution in [1.29, 1.82) is 0 Å². The lowest BCUT2D eigenvalue weighted by Crippen LogP contribution is -2.13. The SMILES string of the molecule is Cc1ccc(C(=O)CCC(=O)Nc2ccc(C(=O)O)c(O)c2)cc1C. The highest BCUT2D eigenvalue weighted by molar-refractivity contribution is 6.00. The molecule has 0 aliphatic carbocycles. The predicted octanol–water partition coefficient (Wildman–Crippen LogP) is 3.31. The summed E-state index contributed by atoms with van der Waals surface area (Å²) in [5.74, 6) is -2.20. The zero-order valence-electron chi connectivity index (χ0n) is 14.0. The fourth-order valence-electron chi connectivity index (χ4n) is 2.30. The molecule has 0 fully saturated rings. The molecule has 0 unspecified atom stereocenters. The first-order valence-corrected chi connectivity index (χ1v) is 7.74. The van der Waals surface area contributed by atoms with E-state index in [0.29, 0.717) is 5.56 Å². The maximum Gasteiger partial charge on any atom is 0.339 e. The van der Waals surface area contributed by atoms with E-state index in [1.54, 1.807) is 12.1 Å². The van der Waals surface area contributed by atoms with Crippen LogP contribution in [-0.2, 0) is 4.79 Å². The fourth-order valence-corrected chi connectivity index (χ4v) is 2.30. The molecule has 0 radical (unpaired) electrons. The number of phenols is 1. The summed E-state index contributed by atoms with van der Waals surface area (Å²) in [4.78, 5) is 34.9. The Morgan fingerprint density at radius 1 is 0.960 bits per heavy atom. The van der Waals surface area contributed by atoms with Gasteiger partial charge in [-0.2, -0.15) is 0 Å². The number of carboxylic acid groups (broad SMARTS) is 1. The van der Waals surface area contributed by atoms with E-state index < -0.39 is 11.7 Å². The average Bonchev–Trinajstić information content (AvgIpc) is 2.55. The number of amides is 1. The van der Waals surface area contributed by atoms with Crippen LogP contribution in [0.1, 0.15) is 44.7 Å². The van der Waals surface area contributed by atoms with Crippen LogP contribution < -0.4 is 5.32 Å². The molecule has 3 N–H and O–H groups in total. The predicted molar refractivity (Wildman–Crippen MR) is 93.2 cm³/mol. The molecule has 6 heteroatoms. The molecule has 6 nitrogen and oxygen atoms in total. The van der Waals surface area contributed by atoms with Gasteiger partial charge in [-0.15, -0.1) is 0 Å². The molecule has 0 aliphatic rings. The third-order valence-corrected chi connectivity index (χ3v) is 3.92. The fraction of sp³-hybridized carbons (Fsp3) is 0.211. The van der Waals surface area contributed by atoms with E-state index in [1.165, 1.54) is 12.1 Å². The van der Waals surface area contributed by atoms with Gasteiger partial charge in [0.2, 0.25) is 5.91 Å². The second-order valence-electron chi connectivity index (χ2n) is 5.81. The molecule has 0 saturated carbocycles. The largest absolute Gasteiger partial charge is 0.507 e. The maximum atomic E-state index is 12.2. The minimum atomic E-state index is -1.26. The van der Waals surface area contributed by atoms with Crippen molar-refractivity contribution in [3.05, 3.63) is 58.7 Å². The van der Waals surface area contributed by atoms with Gasteiger partial charge < -0.3 is 15.5 Å². The minimum absolute atomic E-state index is 0.00674. The maximum absolute atomic E-state index is 12.2. The molecular formula is C19H19NO5. The Balaban J connectivity index is 1.94. The number of rotatable bonds is 6. The molecule has 130 valence electrons.